The number of piperidine rings is 1. The van der Waals surface area contributed by atoms with Gasteiger partial charge in [-0.1, -0.05) is 39.5 Å². The first-order valence-corrected chi connectivity index (χ1v) is 7.33. The second-order valence-corrected chi connectivity index (χ2v) is 5.02. The molecule has 0 amide bonds. The zero-order valence-corrected chi connectivity index (χ0v) is 11.3. The molecule has 1 heterocycles. The fourth-order valence-corrected chi connectivity index (χ4v) is 2.69. The summed E-state index contributed by atoms with van der Waals surface area (Å²) in [6.45, 7) is 9.60. The summed E-state index contributed by atoms with van der Waals surface area (Å²) in [6, 6.07) is 0.859. The Morgan fingerprint density at radius 3 is 2.31 bits per heavy atom. The minimum absolute atomic E-state index is 0.859. The Labute approximate surface area is 102 Å². The summed E-state index contributed by atoms with van der Waals surface area (Å²) in [5, 5.41) is 3.45. The van der Waals surface area contributed by atoms with E-state index in [1.807, 2.05) is 0 Å². The van der Waals surface area contributed by atoms with Crippen molar-refractivity contribution in [2.75, 3.05) is 26.2 Å². The summed E-state index contributed by atoms with van der Waals surface area (Å²) in [7, 11) is 0. The van der Waals surface area contributed by atoms with Gasteiger partial charge in [-0.3, -0.25) is 0 Å². The van der Waals surface area contributed by atoms with E-state index in [4.69, 9.17) is 0 Å². The first kappa shape index (κ1) is 14.0. The summed E-state index contributed by atoms with van der Waals surface area (Å²) in [5.41, 5.74) is 0. The highest BCUT2D eigenvalue weighted by Crippen LogP contribution is 2.13. The number of rotatable bonds is 8. The normalized spacial score (nSPS) is 18.2. The van der Waals surface area contributed by atoms with Crippen LogP contribution in [0.4, 0.5) is 0 Å². The molecule has 96 valence electrons. The van der Waals surface area contributed by atoms with E-state index in [0.717, 1.165) is 6.04 Å². The monoisotopic (exact) mass is 226 g/mol. The lowest BCUT2D eigenvalue weighted by molar-refractivity contribution is 0.167. The lowest BCUT2D eigenvalue weighted by atomic mass is 10.0. The highest BCUT2D eigenvalue weighted by molar-refractivity contribution is 4.77. The van der Waals surface area contributed by atoms with Gasteiger partial charge in [0.1, 0.15) is 0 Å². The van der Waals surface area contributed by atoms with Gasteiger partial charge in [0.15, 0.2) is 0 Å². The van der Waals surface area contributed by atoms with Crippen LogP contribution < -0.4 is 5.32 Å². The van der Waals surface area contributed by atoms with Gasteiger partial charge in [0.2, 0.25) is 0 Å². The van der Waals surface area contributed by atoms with E-state index in [-0.39, 0.29) is 0 Å². The van der Waals surface area contributed by atoms with Crippen molar-refractivity contribution in [1.82, 2.24) is 10.2 Å². The molecule has 1 aliphatic rings. The average Bonchev–Trinajstić information content (AvgIpc) is 2.35. The third-order valence-corrected chi connectivity index (χ3v) is 3.78. The molecule has 0 saturated carbocycles. The second kappa shape index (κ2) is 9.00. The van der Waals surface area contributed by atoms with Crippen molar-refractivity contribution in [3.63, 3.8) is 0 Å². The average molecular weight is 226 g/mol. The van der Waals surface area contributed by atoms with Gasteiger partial charge in [-0.2, -0.15) is 0 Å². The third kappa shape index (κ3) is 5.31. The summed E-state index contributed by atoms with van der Waals surface area (Å²) in [6.07, 6.45) is 9.73. The Balaban J connectivity index is 2.10. The molecular weight excluding hydrogens is 196 g/mol. The summed E-state index contributed by atoms with van der Waals surface area (Å²) >= 11 is 0. The van der Waals surface area contributed by atoms with Gasteiger partial charge < -0.3 is 10.2 Å². The molecular formula is C14H30N2. The van der Waals surface area contributed by atoms with E-state index >= 15 is 0 Å². The van der Waals surface area contributed by atoms with Crippen molar-refractivity contribution in [3.8, 4) is 0 Å². The summed E-state index contributed by atoms with van der Waals surface area (Å²) in [5.74, 6) is 0. The van der Waals surface area contributed by atoms with E-state index in [2.05, 4.69) is 24.1 Å². The first-order valence-electron chi connectivity index (χ1n) is 7.33. The molecule has 2 heteroatoms. The van der Waals surface area contributed by atoms with E-state index in [0.29, 0.717) is 0 Å². The van der Waals surface area contributed by atoms with E-state index in [9.17, 15) is 0 Å². The Kier molecular flexibility index (Phi) is 7.87. The molecule has 16 heavy (non-hydrogen) atoms. The standard InChI is InChI=1S/C14H30N2/c1-3-5-6-7-8-13-16(4-2)14-9-11-15-12-10-14/h14-15H,3-13H2,1-2H3. The Morgan fingerprint density at radius 2 is 1.69 bits per heavy atom. The van der Waals surface area contributed by atoms with Crippen LogP contribution in [0.15, 0.2) is 0 Å². The molecule has 0 aromatic rings. The molecule has 0 unspecified atom stereocenters. The van der Waals surface area contributed by atoms with Crippen LogP contribution in [0.1, 0.15) is 58.8 Å². The van der Waals surface area contributed by atoms with Gasteiger partial charge in [0.25, 0.3) is 0 Å². The highest BCUT2D eigenvalue weighted by Gasteiger charge is 2.18. The predicted molar refractivity (Wildman–Crippen MR) is 71.9 cm³/mol. The van der Waals surface area contributed by atoms with Gasteiger partial charge in [-0.05, 0) is 45.4 Å². The zero-order chi connectivity index (χ0) is 11.6. The maximum atomic E-state index is 3.45. The quantitative estimate of drug-likeness (QED) is 0.640. The van der Waals surface area contributed by atoms with Crippen LogP contribution in [-0.4, -0.2) is 37.1 Å². The number of hydrogen-bond acceptors (Lipinski definition) is 2. The van der Waals surface area contributed by atoms with Crippen LogP contribution in [0, 0.1) is 0 Å². The summed E-state index contributed by atoms with van der Waals surface area (Å²) in [4.78, 5) is 2.70. The van der Waals surface area contributed by atoms with Gasteiger partial charge >= 0.3 is 0 Å². The number of unbranched alkanes of at least 4 members (excludes halogenated alkanes) is 4. The van der Waals surface area contributed by atoms with Crippen molar-refractivity contribution < 1.29 is 0 Å². The third-order valence-electron chi connectivity index (χ3n) is 3.78. The molecule has 1 fully saturated rings. The topological polar surface area (TPSA) is 15.3 Å². The molecule has 2 nitrogen and oxygen atoms in total. The predicted octanol–water partition coefficient (Wildman–Crippen LogP) is 3.03. The fourth-order valence-electron chi connectivity index (χ4n) is 2.69. The largest absolute Gasteiger partial charge is 0.317 e. The number of nitrogens with one attached hydrogen (secondary N) is 1. The maximum absolute atomic E-state index is 3.45. The van der Waals surface area contributed by atoms with Gasteiger partial charge in [-0.25, -0.2) is 0 Å². The van der Waals surface area contributed by atoms with Gasteiger partial charge in [0.05, 0.1) is 0 Å². The molecule has 0 radical (unpaired) electrons. The second-order valence-electron chi connectivity index (χ2n) is 5.02. The molecule has 1 rings (SSSR count). The van der Waals surface area contributed by atoms with Crippen LogP contribution in [0.2, 0.25) is 0 Å². The van der Waals surface area contributed by atoms with Crippen LogP contribution >= 0.6 is 0 Å². The van der Waals surface area contributed by atoms with Crippen LogP contribution in [0.5, 0.6) is 0 Å². The smallest absolute Gasteiger partial charge is 0.0119 e. The molecule has 0 atom stereocenters. The molecule has 1 aliphatic heterocycles. The Bertz CT molecular complexity index is 153. The molecule has 0 spiro atoms. The van der Waals surface area contributed by atoms with Crippen molar-refractivity contribution in [3.05, 3.63) is 0 Å². The van der Waals surface area contributed by atoms with E-state index in [1.54, 1.807) is 0 Å². The molecule has 0 aromatic carbocycles. The SMILES string of the molecule is CCCCCCCN(CC)C1CCNCC1. The van der Waals surface area contributed by atoms with E-state index < -0.39 is 0 Å². The molecule has 0 aromatic heterocycles. The van der Waals surface area contributed by atoms with Gasteiger partial charge in [0, 0.05) is 6.04 Å². The number of nitrogens with zero attached hydrogens (tertiary/aromatic N) is 1. The Hall–Kier alpha value is -0.0800. The summed E-state index contributed by atoms with van der Waals surface area (Å²) < 4.78 is 0. The maximum Gasteiger partial charge on any atom is 0.0119 e. The van der Waals surface area contributed by atoms with Crippen molar-refractivity contribution in [2.24, 2.45) is 0 Å². The highest BCUT2D eigenvalue weighted by atomic mass is 15.2. The lowest BCUT2D eigenvalue weighted by Crippen LogP contribution is -2.43. The van der Waals surface area contributed by atoms with E-state index in [1.165, 1.54) is 71.1 Å². The first-order chi connectivity index (χ1) is 7.88. The zero-order valence-electron chi connectivity index (χ0n) is 11.3. The van der Waals surface area contributed by atoms with Crippen LogP contribution in [0.3, 0.4) is 0 Å². The van der Waals surface area contributed by atoms with Crippen molar-refractivity contribution >= 4 is 0 Å². The van der Waals surface area contributed by atoms with Crippen LogP contribution in [-0.2, 0) is 0 Å². The minimum atomic E-state index is 0.859. The number of hydrogen-bond donors (Lipinski definition) is 1. The van der Waals surface area contributed by atoms with Crippen molar-refractivity contribution in [2.45, 2.75) is 64.8 Å². The lowest BCUT2D eigenvalue weighted by Gasteiger charge is -2.33. The minimum Gasteiger partial charge on any atom is -0.317 e. The van der Waals surface area contributed by atoms with Gasteiger partial charge in [-0.15, -0.1) is 0 Å². The van der Waals surface area contributed by atoms with Crippen molar-refractivity contribution in [1.29, 1.82) is 0 Å². The Morgan fingerprint density at radius 1 is 1.00 bits per heavy atom. The molecule has 1 N–H and O–H groups in total. The molecule has 1 saturated heterocycles. The molecule has 0 bridgehead atoms. The van der Waals surface area contributed by atoms with Crippen LogP contribution in [0.25, 0.3) is 0 Å². The molecule has 0 aliphatic carbocycles. The fraction of sp³-hybridized carbons (Fsp3) is 1.00.